The number of aryl methyl sites for hydroxylation is 1. The average Bonchev–Trinajstić information content (AvgIpc) is 2.87. The first kappa shape index (κ1) is 34.0. The minimum atomic E-state index is -4.20. The molecule has 0 saturated heterocycles. The van der Waals surface area contributed by atoms with Crippen LogP contribution in [0.2, 0.25) is 0 Å². The van der Waals surface area contributed by atoms with E-state index >= 15 is 0 Å². The smallest absolute Gasteiger partial charge is 0.355 e. The molecule has 0 aromatic heterocycles. The lowest BCUT2D eigenvalue weighted by Gasteiger charge is -2.13. The fourth-order valence-electron chi connectivity index (χ4n) is 3.74. The Kier molecular flexibility index (Phi) is 19.2. The van der Waals surface area contributed by atoms with Crippen LogP contribution in [0.25, 0.3) is 0 Å². The second-order valence-electron chi connectivity index (χ2n) is 9.54. The van der Waals surface area contributed by atoms with Crippen LogP contribution in [0.3, 0.4) is 0 Å². The molecule has 1 aromatic carbocycles. The number of unbranched alkanes of at least 4 members (excludes halogenated alkanes) is 12. The number of ether oxygens (including phenoxy) is 1. The van der Waals surface area contributed by atoms with Gasteiger partial charge in [-0.1, -0.05) is 94.6 Å². The highest BCUT2D eigenvalue weighted by Crippen LogP contribution is 2.42. The van der Waals surface area contributed by atoms with E-state index in [4.69, 9.17) is 13.4 Å². The van der Waals surface area contributed by atoms with Crippen LogP contribution in [0.15, 0.2) is 41.3 Å². The molecule has 0 aliphatic carbocycles. The van der Waals surface area contributed by atoms with Crippen LogP contribution in [0.1, 0.15) is 102 Å². The molecule has 7 nitrogen and oxygen atoms in total. The van der Waals surface area contributed by atoms with Gasteiger partial charge in [-0.2, -0.15) is 8.42 Å². The van der Waals surface area contributed by atoms with E-state index in [-0.39, 0.29) is 18.1 Å². The largest absolute Gasteiger partial charge is 0.379 e. The topological polar surface area (TPSA) is 99.1 Å². The normalized spacial score (nSPS) is 13.8. The Balaban J connectivity index is 1.93. The summed E-state index contributed by atoms with van der Waals surface area (Å²) in [5.41, 5.74) is 0.896. The molecule has 1 aromatic rings. The van der Waals surface area contributed by atoms with Crippen LogP contribution in [0, 0.1) is 6.92 Å². The van der Waals surface area contributed by atoms with Gasteiger partial charge in [0.2, 0.25) is 0 Å². The lowest BCUT2D eigenvalue weighted by atomic mass is 10.1. The number of rotatable bonds is 24. The molecule has 1 atom stereocenters. The van der Waals surface area contributed by atoms with E-state index in [1.807, 2.05) is 6.92 Å². The van der Waals surface area contributed by atoms with Crippen molar-refractivity contribution >= 4 is 17.7 Å². The number of allylic oxidation sites excluding steroid dienone is 2. The molecule has 0 amide bonds. The van der Waals surface area contributed by atoms with Gasteiger partial charge in [-0.05, 0) is 51.2 Å². The van der Waals surface area contributed by atoms with Crippen molar-refractivity contribution in [1.82, 2.24) is 0 Å². The zero-order valence-corrected chi connectivity index (χ0v) is 24.7. The third kappa shape index (κ3) is 18.8. The summed E-state index contributed by atoms with van der Waals surface area (Å²) in [7, 11) is -8.32. The van der Waals surface area contributed by atoms with Crippen LogP contribution < -0.4 is 0 Å². The maximum absolute atomic E-state index is 12.1. The molecule has 1 N–H and O–H groups in total. The van der Waals surface area contributed by atoms with Crippen molar-refractivity contribution < 1.29 is 31.3 Å². The summed E-state index contributed by atoms with van der Waals surface area (Å²) < 4.78 is 51.3. The summed E-state index contributed by atoms with van der Waals surface area (Å²) in [6.45, 7) is 4.71. The Morgan fingerprint density at radius 2 is 1.32 bits per heavy atom. The molecule has 1 rings (SSSR count). The first-order chi connectivity index (χ1) is 17.8. The highest BCUT2D eigenvalue weighted by Gasteiger charge is 2.25. The van der Waals surface area contributed by atoms with Gasteiger partial charge in [0.15, 0.2) is 6.35 Å². The van der Waals surface area contributed by atoms with Gasteiger partial charge >= 0.3 is 7.60 Å². The molecule has 0 aliphatic heterocycles. The summed E-state index contributed by atoms with van der Waals surface area (Å²) in [5.74, 6) is 0. The third-order valence-electron chi connectivity index (χ3n) is 6.00. The zero-order valence-electron chi connectivity index (χ0n) is 22.9. The van der Waals surface area contributed by atoms with Crippen molar-refractivity contribution in [2.75, 3.05) is 26.2 Å². The Bertz CT molecular complexity index is 869. The number of hydrogen-bond donors (Lipinski definition) is 1. The summed E-state index contributed by atoms with van der Waals surface area (Å²) in [4.78, 5) is 9.73. The van der Waals surface area contributed by atoms with Crippen molar-refractivity contribution in [1.29, 1.82) is 0 Å². The molecule has 0 fully saturated rings. The molecule has 214 valence electrons. The fourth-order valence-corrected chi connectivity index (χ4v) is 5.87. The molecular formula is C28H49O7PS. The van der Waals surface area contributed by atoms with Gasteiger partial charge in [0, 0.05) is 6.61 Å². The summed E-state index contributed by atoms with van der Waals surface area (Å²) in [6, 6.07) is 6.02. The average molecular weight is 561 g/mol. The van der Waals surface area contributed by atoms with Crippen molar-refractivity contribution in [3.05, 3.63) is 42.0 Å². The lowest BCUT2D eigenvalue weighted by molar-refractivity contribution is 0.0905. The first-order valence-electron chi connectivity index (χ1n) is 13.9. The predicted molar refractivity (Wildman–Crippen MR) is 150 cm³/mol. The molecule has 0 aliphatic rings. The molecule has 37 heavy (non-hydrogen) atoms. The lowest BCUT2D eigenvalue weighted by Crippen LogP contribution is -2.11. The van der Waals surface area contributed by atoms with Crippen LogP contribution in [-0.4, -0.2) is 39.5 Å². The first-order valence-corrected chi connectivity index (χ1v) is 17.1. The van der Waals surface area contributed by atoms with E-state index in [9.17, 15) is 17.9 Å². The van der Waals surface area contributed by atoms with Crippen LogP contribution in [-0.2, 0) is 28.1 Å². The zero-order chi connectivity index (χ0) is 27.2. The van der Waals surface area contributed by atoms with Crippen LogP contribution in [0.5, 0.6) is 0 Å². The second-order valence-corrected chi connectivity index (χ2v) is 12.9. The monoisotopic (exact) mass is 560 g/mol. The van der Waals surface area contributed by atoms with Crippen molar-refractivity contribution in [2.24, 2.45) is 0 Å². The molecule has 0 radical (unpaired) electrons. The molecule has 0 saturated carbocycles. The fraction of sp³-hybridized carbons (Fsp3) is 0.714. The van der Waals surface area contributed by atoms with Crippen LogP contribution >= 0.6 is 7.60 Å². The molecule has 1 unspecified atom stereocenters. The third-order valence-corrected chi connectivity index (χ3v) is 8.50. The van der Waals surface area contributed by atoms with Gasteiger partial charge in [0.1, 0.15) is 0 Å². The summed E-state index contributed by atoms with van der Waals surface area (Å²) in [6.07, 6.45) is 21.2. The van der Waals surface area contributed by atoms with Crippen molar-refractivity contribution in [2.45, 2.75) is 109 Å². The summed E-state index contributed by atoms with van der Waals surface area (Å²) >= 11 is 0. The minimum Gasteiger partial charge on any atom is -0.379 e. The molecule has 0 spiro atoms. The SMILES string of the molecule is CCCCCCCC/C=C/CCCCCCCCOCCOP(=O)(O)COS(=O)(=O)c1ccc(C)cc1. The second kappa shape index (κ2) is 20.9. The molecule has 0 bridgehead atoms. The van der Waals surface area contributed by atoms with E-state index in [1.54, 1.807) is 12.1 Å². The Labute approximate surface area is 225 Å². The molecule has 9 heteroatoms. The number of hydrogen-bond acceptors (Lipinski definition) is 6. The van der Waals surface area contributed by atoms with Crippen LogP contribution in [0.4, 0.5) is 0 Å². The van der Waals surface area contributed by atoms with Gasteiger partial charge in [0.25, 0.3) is 10.1 Å². The standard InChI is InChI=1S/C28H49O7PS/c1-3-4-5-6-7-8-9-10-11-12-13-14-15-16-17-18-23-33-24-25-34-36(29,30)26-35-37(31,32)28-21-19-27(2)20-22-28/h10-11,19-22H,3-9,12-18,23-26H2,1-2H3,(H,29,30)/b11-10+. The quantitative estimate of drug-likeness (QED) is 0.0593. The molecule has 0 heterocycles. The highest BCUT2D eigenvalue weighted by atomic mass is 32.2. The summed E-state index contributed by atoms with van der Waals surface area (Å²) in [5, 5.41) is 0. The van der Waals surface area contributed by atoms with Crippen molar-refractivity contribution in [3.63, 3.8) is 0 Å². The van der Waals surface area contributed by atoms with Gasteiger partial charge in [-0.3, -0.25) is 8.75 Å². The minimum absolute atomic E-state index is 0.0722. The highest BCUT2D eigenvalue weighted by molar-refractivity contribution is 7.87. The Morgan fingerprint density at radius 3 is 1.92 bits per heavy atom. The van der Waals surface area contributed by atoms with E-state index in [1.165, 1.54) is 89.2 Å². The predicted octanol–water partition coefficient (Wildman–Crippen LogP) is 7.91. The molecular weight excluding hydrogens is 511 g/mol. The Hall–Kier alpha value is -1.02. The maximum atomic E-state index is 12.1. The van der Waals surface area contributed by atoms with Gasteiger partial charge in [-0.15, -0.1) is 0 Å². The van der Waals surface area contributed by atoms with E-state index in [2.05, 4.69) is 19.1 Å². The Morgan fingerprint density at radius 1 is 0.784 bits per heavy atom. The number of benzene rings is 1. The van der Waals surface area contributed by atoms with E-state index in [0.717, 1.165) is 18.4 Å². The van der Waals surface area contributed by atoms with E-state index < -0.39 is 24.1 Å². The maximum Gasteiger partial charge on any atom is 0.355 e. The van der Waals surface area contributed by atoms with Crippen molar-refractivity contribution in [3.8, 4) is 0 Å². The van der Waals surface area contributed by atoms with Gasteiger partial charge < -0.3 is 14.2 Å². The van der Waals surface area contributed by atoms with E-state index in [0.29, 0.717) is 6.61 Å². The van der Waals surface area contributed by atoms with Gasteiger partial charge in [-0.25, -0.2) is 0 Å². The van der Waals surface area contributed by atoms with Gasteiger partial charge in [0.05, 0.1) is 18.1 Å².